The number of urea groups is 1. The number of rotatable bonds is 7. The molecule has 1 aromatic rings. The predicted molar refractivity (Wildman–Crippen MR) is 87.7 cm³/mol. The van der Waals surface area contributed by atoms with Gasteiger partial charge in [0.1, 0.15) is 0 Å². The first-order valence-electron chi connectivity index (χ1n) is 8.09. The van der Waals surface area contributed by atoms with Gasteiger partial charge in [0.2, 0.25) is 0 Å². The van der Waals surface area contributed by atoms with Gasteiger partial charge in [0.05, 0.1) is 6.61 Å². The Kier molecular flexibility index (Phi) is 7.19. The van der Waals surface area contributed by atoms with E-state index in [4.69, 9.17) is 4.74 Å². The van der Waals surface area contributed by atoms with Gasteiger partial charge in [0.25, 0.3) is 0 Å². The van der Waals surface area contributed by atoms with Crippen LogP contribution in [0.5, 0.6) is 0 Å². The molecule has 1 aromatic carbocycles. The molecule has 2 amide bonds. The van der Waals surface area contributed by atoms with E-state index in [1.807, 2.05) is 6.07 Å². The fourth-order valence-electron chi connectivity index (χ4n) is 2.75. The van der Waals surface area contributed by atoms with Gasteiger partial charge < -0.3 is 15.4 Å². The fourth-order valence-corrected chi connectivity index (χ4v) is 2.75. The zero-order chi connectivity index (χ0) is 15.6. The Morgan fingerprint density at radius 1 is 1.14 bits per heavy atom. The number of carbonyl (C=O) groups excluding carboxylic acids is 1. The molecule has 122 valence electrons. The summed E-state index contributed by atoms with van der Waals surface area (Å²) in [5.74, 6) is 0. The third-order valence-electron chi connectivity index (χ3n) is 3.99. The number of hydrogen-bond acceptors (Lipinski definition) is 3. The molecule has 22 heavy (non-hydrogen) atoms. The summed E-state index contributed by atoms with van der Waals surface area (Å²) in [6, 6.07) is 8.20. The Hall–Kier alpha value is -1.59. The Balaban J connectivity index is 1.83. The van der Waals surface area contributed by atoms with Crippen LogP contribution in [0.15, 0.2) is 24.3 Å². The summed E-state index contributed by atoms with van der Waals surface area (Å²) in [4.78, 5) is 14.2. The Morgan fingerprint density at radius 2 is 1.86 bits per heavy atom. The van der Waals surface area contributed by atoms with E-state index in [2.05, 4.69) is 33.7 Å². The van der Waals surface area contributed by atoms with Crippen molar-refractivity contribution >= 4 is 6.03 Å². The number of methoxy groups -OCH3 is 1. The molecule has 2 rings (SSSR count). The average molecular weight is 305 g/mol. The number of likely N-dealkylation sites (tertiary alicyclic amines) is 1. The van der Waals surface area contributed by atoms with Gasteiger partial charge in [-0.15, -0.1) is 0 Å². The number of carbonyl (C=O) groups is 1. The standard InChI is InChI=1S/C17H27N3O2/c1-22-12-9-18-17(21)19-13-15-7-3-4-8-16(15)14-20-10-5-2-6-11-20/h3-4,7-8H,2,5-6,9-14H2,1H3,(H2,18,19,21). The minimum atomic E-state index is -0.148. The SMILES string of the molecule is COCCNC(=O)NCc1ccccc1CN1CCCCC1. The molecule has 2 N–H and O–H groups in total. The van der Waals surface area contributed by atoms with Crippen molar-refractivity contribution in [1.29, 1.82) is 0 Å². The van der Waals surface area contributed by atoms with Crippen molar-refractivity contribution in [1.82, 2.24) is 15.5 Å². The second-order valence-electron chi connectivity index (χ2n) is 5.71. The molecule has 0 spiro atoms. The van der Waals surface area contributed by atoms with Gasteiger partial charge in [-0.1, -0.05) is 30.7 Å². The summed E-state index contributed by atoms with van der Waals surface area (Å²) in [7, 11) is 1.62. The Morgan fingerprint density at radius 3 is 2.59 bits per heavy atom. The molecule has 1 heterocycles. The largest absolute Gasteiger partial charge is 0.383 e. The first-order chi connectivity index (χ1) is 10.8. The molecule has 1 fully saturated rings. The number of benzene rings is 1. The van der Waals surface area contributed by atoms with Crippen molar-refractivity contribution in [2.24, 2.45) is 0 Å². The number of nitrogens with one attached hydrogen (secondary N) is 2. The summed E-state index contributed by atoms with van der Waals surface area (Å²) < 4.78 is 4.91. The highest BCUT2D eigenvalue weighted by molar-refractivity contribution is 5.73. The highest BCUT2D eigenvalue weighted by atomic mass is 16.5. The van der Waals surface area contributed by atoms with Crippen LogP contribution in [0.2, 0.25) is 0 Å². The second kappa shape index (κ2) is 9.43. The van der Waals surface area contributed by atoms with E-state index < -0.39 is 0 Å². The molecular weight excluding hydrogens is 278 g/mol. The molecule has 5 heteroatoms. The zero-order valence-corrected chi connectivity index (χ0v) is 13.4. The van der Waals surface area contributed by atoms with Crippen molar-refractivity contribution in [2.45, 2.75) is 32.4 Å². The quantitative estimate of drug-likeness (QED) is 0.759. The number of piperidine rings is 1. The average Bonchev–Trinajstić information content (AvgIpc) is 2.55. The molecule has 0 saturated carbocycles. The van der Waals surface area contributed by atoms with Crippen LogP contribution in [0.4, 0.5) is 4.79 Å². The molecule has 1 aliphatic heterocycles. The summed E-state index contributed by atoms with van der Waals surface area (Å²) in [5, 5.41) is 5.68. The maximum Gasteiger partial charge on any atom is 0.315 e. The molecule has 0 unspecified atom stereocenters. The van der Waals surface area contributed by atoms with Gasteiger partial charge >= 0.3 is 6.03 Å². The first-order valence-corrected chi connectivity index (χ1v) is 8.09. The number of nitrogens with zero attached hydrogens (tertiary/aromatic N) is 1. The van der Waals surface area contributed by atoms with E-state index in [0.29, 0.717) is 19.7 Å². The third-order valence-corrected chi connectivity index (χ3v) is 3.99. The van der Waals surface area contributed by atoms with Crippen molar-refractivity contribution in [3.8, 4) is 0 Å². The number of amides is 2. The van der Waals surface area contributed by atoms with Crippen molar-refractivity contribution in [3.63, 3.8) is 0 Å². The van der Waals surface area contributed by atoms with Crippen LogP contribution < -0.4 is 10.6 Å². The van der Waals surface area contributed by atoms with E-state index in [9.17, 15) is 4.79 Å². The van der Waals surface area contributed by atoms with Crippen LogP contribution in [0.3, 0.4) is 0 Å². The minimum Gasteiger partial charge on any atom is -0.383 e. The zero-order valence-electron chi connectivity index (χ0n) is 13.4. The lowest BCUT2D eigenvalue weighted by atomic mass is 10.0. The minimum absolute atomic E-state index is 0.148. The summed E-state index contributed by atoms with van der Waals surface area (Å²) in [5.41, 5.74) is 2.50. The topological polar surface area (TPSA) is 53.6 Å². The maximum absolute atomic E-state index is 11.7. The van der Waals surface area contributed by atoms with Gasteiger partial charge in [0, 0.05) is 26.7 Å². The smallest absolute Gasteiger partial charge is 0.315 e. The maximum atomic E-state index is 11.7. The normalized spacial score (nSPS) is 15.5. The number of ether oxygens (including phenoxy) is 1. The lowest BCUT2D eigenvalue weighted by molar-refractivity contribution is 0.195. The van der Waals surface area contributed by atoms with E-state index in [1.54, 1.807) is 7.11 Å². The van der Waals surface area contributed by atoms with Gasteiger partial charge in [-0.25, -0.2) is 4.79 Å². The molecule has 0 aromatic heterocycles. The summed E-state index contributed by atoms with van der Waals surface area (Å²) in [6.07, 6.45) is 3.94. The van der Waals surface area contributed by atoms with Gasteiger partial charge in [-0.3, -0.25) is 4.90 Å². The van der Waals surface area contributed by atoms with Crippen LogP contribution in [0, 0.1) is 0 Å². The van der Waals surface area contributed by atoms with Crippen LogP contribution >= 0.6 is 0 Å². The van der Waals surface area contributed by atoms with Crippen LogP contribution in [-0.2, 0) is 17.8 Å². The highest BCUT2D eigenvalue weighted by Crippen LogP contribution is 2.16. The van der Waals surface area contributed by atoms with Crippen molar-refractivity contribution < 1.29 is 9.53 Å². The molecule has 0 radical (unpaired) electrons. The molecule has 1 saturated heterocycles. The Labute approximate surface area is 133 Å². The van der Waals surface area contributed by atoms with Crippen LogP contribution in [0.1, 0.15) is 30.4 Å². The lowest BCUT2D eigenvalue weighted by Gasteiger charge is -2.27. The fraction of sp³-hybridized carbons (Fsp3) is 0.588. The van der Waals surface area contributed by atoms with Crippen LogP contribution in [-0.4, -0.2) is 44.3 Å². The predicted octanol–water partition coefficient (Wildman–Crippen LogP) is 2.12. The second-order valence-corrected chi connectivity index (χ2v) is 5.71. The van der Waals surface area contributed by atoms with Gasteiger partial charge in [-0.2, -0.15) is 0 Å². The summed E-state index contributed by atoms with van der Waals surface area (Å²) in [6.45, 7) is 4.95. The highest BCUT2D eigenvalue weighted by Gasteiger charge is 2.12. The van der Waals surface area contributed by atoms with E-state index >= 15 is 0 Å². The first kappa shape index (κ1) is 16.8. The molecule has 0 aliphatic carbocycles. The molecule has 0 bridgehead atoms. The lowest BCUT2D eigenvalue weighted by Crippen LogP contribution is -2.37. The van der Waals surface area contributed by atoms with E-state index in [0.717, 1.165) is 6.54 Å². The molecule has 5 nitrogen and oxygen atoms in total. The number of hydrogen-bond donors (Lipinski definition) is 2. The van der Waals surface area contributed by atoms with Crippen molar-refractivity contribution in [3.05, 3.63) is 35.4 Å². The van der Waals surface area contributed by atoms with E-state index in [-0.39, 0.29) is 6.03 Å². The van der Waals surface area contributed by atoms with Gasteiger partial charge in [0.15, 0.2) is 0 Å². The van der Waals surface area contributed by atoms with E-state index in [1.165, 1.54) is 43.5 Å². The Bertz CT molecular complexity index is 459. The molecular formula is C17H27N3O2. The van der Waals surface area contributed by atoms with Crippen molar-refractivity contribution in [2.75, 3.05) is 33.4 Å². The molecule has 1 aliphatic rings. The van der Waals surface area contributed by atoms with Crippen LogP contribution in [0.25, 0.3) is 0 Å². The van der Waals surface area contributed by atoms with Gasteiger partial charge in [-0.05, 0) is 37.1 Å². The molecule has 0 atom stereocenters. The summed E-state index contributed by atoms with van der Waals surface area (Å²) >= 11 is 0. The third kappa shape index (κ3) is 5.66. The monoisotopic (exact) mass is 305 g/mol.